The molecule has 486 valence electrons. The van der Waals surface area contributed by atoms with Crippen LogP contribution in [0.4, 0.5) is 0 Å². The van der Waals surface area contributed by atoms with Gasteiger partial charge in [-0.05, 0) is 101 Å². The molecule has 17 N–H and O–H groups in total. The maximum absolute atomic E-state index is 14.3. The number of imidazole rings is 1. The van der Waals surface area contributed by atoms with Crippen LogP contribution in [0.1, 0.15) is 143 Å². The van der Waals surface area contributed by atoms with Crippen LogP contribution in [-0.2, 0) is 51.9 Å². The second-order valence-electron chi connectivity index (χ2n) is 26.5. The van der Waals surface area contributed by atoms with Gasteiger partial charge in [-0.15, -0.1) is 0 Å². The Labute approximate surface area is 517 Å². The summed E-state index contributed by atoms with van der Waals surface area (Å²) in [4.78, 5) is 125. The van der Waals surface area contributed by atoms with Crippen LogP contribution in [0.15, 0.2) is 67.8 Å². The molecule has 0 spiro atoms. The van der Waals surface area contributed by atoms with Gasteiger partial charge in [0.05, 0.1) is 42.2 Å². The molecule has 89 heavy (non-hydrogen) atoms. The smallest absolute Gasteiger partial charge is 0.394 e. The molecule has 7 heterocycles. The maximum Gasteiger partial charge on any atom is 0.472 e. The second-order valence-corrected chi connectivity index (χ2v) is 27.9. The van der Waals surface area contributed by atoms with E-state index in [4.69, 9.17) is 63.2 Å². The first-order valence-corrected chi connectivity index (χ1v) is 31.7. The second kappa shape index (κ2) is 25.7. The number of benzene rings is 1. The molecule has 8 bridgehead atoms. The highest BCUT2D eigenvalue weighted by Gasteiger charge is 2.61. The highest BCUT2D eigenvalue weighted by Crippen LogP contribution is 2.59. The summed E-state index contributed by atoms with van der Waals surface area (Å²) in [6, 6.07) is 1.76. The number of aliphatic imine (C=N–C) groups is 3. The SMILES string of the molecule is C/C1=C2N=C(/C=C3\N/C(=C(/C)C4=NC(C5N=C1C(C)(CCC(=O)NCC(C)OP(=O)(O)O[C@H]1[C@@H](O)[C@@H](n6cnc7cc(C)c(C)cc76)O[C@@H]1CO)C5CC(N)=O)C(C)(CC(N)=O)C4CCC(N)=O)C(C)(CC(N)=O)C3CCC(N)=O)C(C)(C)C/2CCC(N)=O. The molecule has 0 radical (unpaired) electrons. The normalized spacial score (nSPS) is 33.6. The lowest BCUT2D eigenvalue weighted by Crippen LogP contribution is -2.48. The number of carbonyl (C=O) groups excluding carboxylic acids is 7. The Hall–Kier alpha value is -7.00. The number of ether oxygens (including phenoxy) is 1. The summed E-state index contributed by atoms with van der Waals surface area (Å²) in [6.07, 6.45) is -4.14. The number of aliphatic hydroxyl groups is 2. The topological polar surface area (TPSA) is 460 Å². The van der Waals surface area contributed by atoms with E-state index in [-0.39, 0.29) is 77.2 Å². The minimum absolute atomic E-state index is 0.000847. The van der Waals surface area contributed by atoms with Crippen molar-refractivity contribution in [1.29, 1.82) is 0 Å². The van der Waals surface area contributed by atoms with Gasteiger partial charge in [-0.25, -0.2) is 9.55 Å². The molecule has 28 heteroatoms. The van der Waals surface area contributed by atoms with Gasteiger partial charge in [-0.2, -0.15) is 0 Å². The third-order valence-electron chi connectivity index (χ3n) is 19.9. The van der Waals surface area contributed by atoms with E-state index in [0.29, 0.717) is 56.4 Å². The number of carbonyl (C=O) groups is 7. The van der Waals surface area contributed by atoms with Crippen LogP contribution in [0, 0.1) is 59.2 Å². The lowest BCUT2D eigenvalue weighted by atomic mass is 9.60. The molecule has 7 amide bonds. The van der Waals surface area contributed by atoms with Gasteiger partial charge in [0.1, 0.15) is 18.3 Å². The Morgan fingerprint density at radius 3 is 2.00 bits per heavy atom. The molecule has 15 atom stereocenters. The zero-order chi connectivity index (χ0) is 65.8. The quantitative estimate of drug-likeness (QED) is 0.0603. The number of nitrogens with one attached hydrogen (secondary N) is 2. The molecule has 1 aromatic carbocycles. The number of phosphoric acid groups is 1. The molecule has 8 rings (SSSR count). The van der Waals surface area contributed by atoms with Gasteiger partial charge in [0.25, 0.3) is 0 Å². The summed E-state index contributed by atoms with van der Waals surface area (Å²) < 4.78 is 32.2. The monoisotopic (exact) mass is 1260 g/mol. The van der Waals surface area contributed by atoms with E-state index in [2.05, 4.69) is 15.6 Å². The summed E-state index contributed by atoms with van der Waals surface area (Å²) in [5.74, 6) is -7.07. The average molecular weight is 1260 g/mol. The molecule has 0 saturated carbocycles. The molecule has 6 aliphatic rings. The number of nitrogens with zero attached hydrogens (tertiary/aromatic N) is 5. The molecule has 2 fully saturated rings. The fourth-order valence-corrected chi connectivity index (χ4v) is 16.2. The first-order valence-electron chi connectivity index (χ1n) is 30.2. The summed E-state index contributed by atoms with van der Waals surface area (Å²) in [5.41, 5.74) is 38.8. The standard InChI is InChI=1S/C61H88N13O14P/c1-28-19-38-39(20-29(28)2)74(27-69-38)57-52(83)53(40(26-75)86-57)88-89(84,85)87-30(3)25-68-48(82)17-18-59(8)36(21-45(65)79)51-56-61(10,24-47(67)81)35(13-16-44(64)78)50(72-56)32(5)55-60(9,23-46(66)80)33(11-14-42(62)76)37(70-55)22-41-58(6,7)34(12-15-43(63)77)49(71-41)31(4)54(59)73-51/h19-20,22,27,30,33-36,40,51-53,56-57,70,75,83H,11-18,21,23-26H2,1-10H3,(H2,62,76)(H2,63,77)(H2,64,78)(H2,65,79)(H2,66,80)(H2,67,81)(H,68,82)(H,84,85)/b37-22-,49-31-,55-32-/t30?,33?,34?,35?,36?,40-,51?,52-,53-,56?,57+,59?,60?,61?/m1/s1. The van der Waals surface area contributed by atoms with Crippen molar-refractivity contribution >= 4 is 77.3 Å². The summed E-state index contributed by atoms with van der Waals surface area (Å²) in [6.45, 7) is 17.4. The molecule has 6 aliphatic heterocycles. The Morgan fingerprint density at radius 1 is 0.798 bits per heavy atom. The number of aryl methyl sites for hydroxylation is 2. The van der Waals surface area contributed by atoms with Crippen LogP contribution in [0.25, 0.3) is 11.0 Å². The van der Waals surface area contributed by atoms with Crippen molar-refractivity contribution in [3.05, 3.63) is 63.9 Å². The molecule has 2 saturated heterocycles. The summed E-state index contributed by atoms with van der Waals surface area (Å²) in [7, 11) is -5.06. The van der Waals surface area contributed by atoms with Gasteiger partial charge in [0.15, 0.2) is 6.23 Å². The number of aromatic nitrogens is 2. The lowest BCUT2D eigenvalue weighted by molar-refractivity contribution is -0.123. The molecule has 1 aromatic heterocycles. The zero-order valence-corrected chi connectivity index (χ0v) is 53.2. The number of primary amides is 6. The maximum atomic E-state index is 14.3. The third kappa shape index (κ3) is 13.4. The molecule has 11 unspecified atom stereocenters. The van der Waals surface area contributed by atoms with Gasteiger partial charge in [0, 0.05) is 131 Å². The van der Waals surface area contributed by atoms with E-state index in [1.165, 1.54) is 13.3 Å². The molecule has 0 aliphatic carbocycles. The highest BCUT2D eigenvalue weighted by molar-refractivity contribution is 7.47. The van der Waals surface area contributed by atoms with E-state index in [9.17, 15) is 53.2 Å². The van der Waals surface area contributed by atoms with Gasteiger partial charge < -0.3 is 69.4 Å². The van der Waals surface area contributed by atoms with Crippen LogP contribution in [0.5, 0.6) is 0 Å². The van der Waals surface area contributed by atoms with Crippen molar-refractivity contribution in [2.75, 3.05) is 13.2 Å². The highest BCUT2D eigenvalue weighted by atomic mass is 31.2. The van der Waals surface area contributed by atoms with Gasteiger partial charge in [-0.1, -0.05) is 34.6 Å². The van der Waals surface area contributed by atoms with Crippen molar-refractivity contribution in [2.24, 2.45) is 94.7 Å². The van der Waals surface area contributed by atoms with Gasteiger partial charge in [0.2, 0.25) is 41.4 Å². The number of phosphoric ester groups is 1. The number of hydrogen-bond acceptors (Lipinski definition) is 18. The van der Waals surface area contributed by atoms with Crippen LogP contribution in [0.2, 0.25) is 0 Å². The summed E-state index contributed by atoms with van der Waals surface area (Å²) in [5, 5.41) is 28.2. The van der Waals surface area contributed by atoms with Crippen molar-refractivity contribution in [3.8, 4) is 0 Å². The van der Waals surface area contributed by atoms with Gasteiger partial charge >= 0.3 is 7.82 Å². The van der Waals surface area contributed by atoms with E-state index in [1.807, 2.05) is 80.5 Å². The molecule has 27 nitrogen and oxygen atoms in total. The van der Waals surface area contributed by atoms with E-state index < -0.39 is 144 Å². The number of nitrogens with two attached hydrogens (primary N) is 6. The van der Waals surface area contributed by atoms with Gasteiger partial charge in [-0.3, -0.25) is 57.6 Å². The van der Waals surface area contributed by atoms with Crippen molar-refractivity contribution in [1.82, 2.24) is 20.2 Å². The number of aliphatic hydroxyl groups excluding tert-OH is 2. The molecular formula is C61H88N13O14P. The van der Waals surface area contributed by atoms with E-state index in [0.717, 1.165) is 11.1 Å². The fraction of sp³-hybridized carbons (Fsp3) is 0.623. The fourth-order valence-electron chi connectivity index (χ4n) is 15.1. The van der Waals surface area contributed by atoms with Crippen LogP contribution in [0.3, 0.4) is 0 Å². The van der Waals surface area contributed by atoms with Crippen molar-refractivity contribution in [3.63, 3.8) is 0 Å². The molecule has 2 aromatic rings. The Bertz CT molecular complexity index is 3480. The third-order valence-corrected chi connectivity index (χ3v) is 21.0. The predicted octanol–water partition coefficient (Wildman–Crippen LogP) is 2.77. The number of hydrogen-bond donors (Lipinski definition) is 11. The largest absolute Gasteiger partial charge is 0.472 e. The minimum atomic E-state index is -5.06. The van der Waals surface area contributed by atoms with Crippen molar-refractivity contribution in [2.45, 2.75) is 183 Å². The van der Waals surface area contributed by atoms with E-state index in [1.54, 1.807) is 4.57 Å². The number of rotatable bonds is 26. The Balaban J connectivity index is 1.18. The zero-order valence-electron chi connectivity index (χ0n) is 52.3. The Morgan fingerprint density at radius 2 is 1.40 bits per heavy atom. The number of allylic oxidation sites excluding steroid dienone is 6. The predicted molar refractivity (Wildman–Crippen MR) is 329 cm³/mol. The lowest BCUT2D eigenvalue weighted by Gasteiger charge is -2.41. The van der Waals surface area contributed by atoms with Crippen LogP contribution < -0.4 is 45.0 Å². The van der Waals surface area contributed by atoms with Crippen LogP contribution in [-0.4, -0.2) is 133 Å². The number of amides is 7. The molecular weight excluding hydrogens is 1170 g/mol. The number of fused-ring (bicyclic) bond motifs is 7. The first-order chi connectivity index (χ1) is 41.5. The van der Waals surface area contributed by atoms with Crippen LogP contribution >= 0.6 is 7.82 Å². The average Bonchev–Trinajstić information content (AvgIpc) is 1.57. The van der Waals surface area contributed by atoms with E-state index >= 15 is 0 Å². The van der Waals surface area contributed by atoms with Crippen molar-refractivity contribution < 1.29 is 67.0 Å². The summed E-state index contributed by atoms with van der Waals surface area (Å²) >= 11 is 0. The Kier molecular flexibility index (Phi) is 19.6. The minimum Gasteiger partial charge on any atom is -0.394 e. The first kappa shape index (κ1) is 67.9.